The van der Waals surface area contributed by atoms with Crippen molar-refractivity contribution < 1.29 is 13.9 Å². The Balaban J connectivity index is 2.65. The van der Waals surface area contributed by atoms with Crippen LogP contribution >= 0.6 is 0 Å². The lowest BCUT2D eigenvalue weighted by molar-refractivity contribution is -0.481. The van der Waals surface area contributed by atoms with E-state index in [1.165, 1.54) is 6.07 Å². The highest BCUT2D eigenvalue weighted by Crippen LogP contribution is 2.25. The lowest BCUT2D eigenvalue weighted by Crippen LogP contribution is -2.22. The van der Waals surface area contributed by atoms with Gasteiger partial charge in [0.15, 0.2) is 6.20 Å². The summed E-state index contributed by atoms with van der Waals surface area (Å²) < 4.78 is 15.4. The zero-order valence-corrected chi connectivity index (χ0v) is 8.39. The first-order chi connectivity index (χ1) is 7.77. The van der Waals surface area contributed by atoms with E-state index in [0.717, 1.165) is 5.52 Å². The van der Waals surface area contributed by atoms with Crippen molar-refractivity contribution in [1.82, 2.24) is 0 Å². The van der Waals surface area contributed by atoms with Crippen LogP contribution in [0.15, 0.2) is 48.7 Å². The average Bonchev–Trinajstić information content (AvgIpc) is 2.29. The number of fused-ring (bicyclic) bond motifs is 3. The highest BCUT2D eigenvalue weighted by atomic mass is 19.1. The number of benzene rings is 1. The fraction of sp³-hybridized carbons (Fsp3) is 0. The summed E-state index contributed by atoms with van der Waals surface area (Å²) in [4.78, 5) is 0. The van der Waals surface area contributed by atoms with Crippen LogP contribution in [0.2, 0.25) is 0 Å². The molecule has 0 saturated heterocycles. The molecule has 0 amide bonds. The lowest BCUT2D eigenvalue weighted by Gasteiger charge is -2.00. The van der Waals surface area contributed by atoms with E-state index in [4.69, 9.17) is 0 Å². The Morgan fingerprint density at radius 2 is 1.94 bits per heavy atom. The molecule has 0 aliphatic heterocycles. The van der Waals surface area contributed by atoms with E-state index < -0.39 is 5.82 Å². The van der Waals surface area contributed by atoms with Crippen molar-refractivity contribution in [2.45, 2.75) is 0 Å². The maximum atomic E-state index is 13.6. The molecular formula is C13H9FNO+. The summed E-state index contributed by atoms with van der Waals surface area (Å²) in [6.07, 6.45) is 1.84. The molecule has 1 N–H and O–H groups in total. The van der Waals surface area contributed by atoms with Crippen LogP contribution in [-0.2, 0) is 0 Å². The van der Waals surface area contributed by atoms with Crippen LogP contribution < -0.4 is 4.40 Å². The van der Waals surface area contributed by atoms with Crippen molar-refractivity contribution in [2.75, 3.05) is 0 Å². The van der Waals surface area contributed by atoms with Gasteiger partial charge in [-0.1, -0.05) is 6.07 Å². The molecule has 0 bridgehead atoms. The second kappa shape index (κ2) is 3.17. The van der Waals surface area contributed by atoms with Gasteiger partial charge in [0.05, 0.1) is 6.07 Å². The van der Waals surface area contributed by atoms with E-state index in [9.17, 15) is 9.50 Å². The Kier molecular flexibility index (Phi) is 1.80. The van der Waals surface area contributed by atoms with E-state index in [0.29, 0.717) is 5.52 Å². The predicted molar refractivity (Wildman–Crippen MR) is 58.7 cm³/mol. The Morgan fingerprint density at radius 1 is 1.06 bits per heavy atom. The van der Waals surface area contributed by atoms with Gasteiger partial charge in [0.1, 0.15) is 17.0 Å². The van der Waals surface area contributed by atoms with Gasteiger partial charge in [-0.3, -0.25) is 0 Å². The maximum Gasteiger partial charge on any atom is 0.225 e. The molecule has 0 atom stereocenters. The minimum Gasteiger partial charge on any atom is -0.507 e. The molecular weight excluding hydrogens is 205 g/mol. The normalized spacial score (nSPS) is 11.1. The van der Waals surface area contributed by atoms with Crippen LogP contribution in [0, 0.1) is 5.82 Å². The van der Waals surface area contributed by atoms with Crippen molar-refractivity contribution in [2.24, 2.45) is 0 Å². The van der Waals surface area contributed by atoms with Crippen LogP contribution in [-0.4, -0.2) is 5.11 Å². The predicted octanol–water partition coefficient (Wildman–Crippen LogP) is 2.42. The third-order valence-corrected chi connectivity index (χ3v) is 2.68. The summed E-state index contributed by atoms with van der Waals surface area (Å²) in [5, 5.41) is 10.1. The van der Waals surface area contributed by atoms with E-state index in [2.05, 4.69) is 0 Å². The Morgan fingerprint density at radius 3 is 2.81 bits per heavy atom. The topological polar surface area (TPSA) is 24.3 Å². The van der Waals surface area contributed by atoms with Crippen LogP contribution in [0.25, 0.3) is 16.4 Å². The van der Waals surface area contributed by atoms with E-state index in [1.807, 2.05) is 28.8 Å². The summed E-state index contributed by atoms with van der Waals surface area (Å²) in [5.41, 5.74) is 1.49. The van der Waals surface area contributed by atoms with Gasteiger partial charge >= 0.3 is 0 Å². The van der Waals surface area contributed by atoms with Crippen molar-refractivity contribution in [3.8, 4) is 5.75 Å². The van der Waals surface area contributed by atoms with Crippen LogP contribution in [0.1, 0.15) is 0 Å². The molecule has 78 valence electrons. The average molecular weight is 214 g/mol. The van der Waals surface area contributed by atoms with Gasteiger partial charge in [0, 0.05) is 18.2 Å². The monoisotopic (exact) mass is 214 g/mol. The summed E-state index contributed by atoms with van der Waals surface area (Å²) in [6.45, 7) is 0. The lowest BCUT2D eigenvalue weighted by atomic mass is 10.1. The quantitative estimate of drug-likeness (QED) is 0.451. The standard InChI is InChI=1S/C13H8FNO/c14-10-5-3-6-11-13(10)12(16)8-9-4-1-2-7-15(9)11/h1-8H/p+1. The number of pyridine rings is 2. The molecule has 0 unspecified atom stereocenters. The fourth-order valence-electron chi connectivity index (χ4n) is 1.97. The Hall–Kier alpha value is -2.16. The first-order valence-corrected chi connectivity index (χ1v) is 4.98. The number of aromatic nitrogens is 1. The molecule has 0 radical (unpaired) electrons. The van der Waals surface area contributed by atoms with E-state index in [1.54, 1.807) is 18.2 Å². The molecule has 1 aromatic carbocycles. The largest absolute Gasteiger partial charge is 0.507 e. The molecule has 2 aromatic heterocycles. The highest BCUT2D eigenvalue weighted by Gasteiger charge is 2.15. The van der Waals surface area contributed by atoms with Crippen LogP contribution in [0.5, 0.6) is 5.75 Å². The number of halogens is 1. The molecule has 2 heterocycles. The summed E-state index contributed by atoms with van der Waals surface area (Å²) >= 11 is 0. The molecule has 3 aromatic rings. The number of aromatic hydroxyl groups is 1. The maximum absolute atomic E-state index is 13.6. The van der Waals surface area contributed by atoms with Gasteiger partial charge in [-0.05, 0) is 12.1 Å². The second-order valence-electron chi connectivity index (χ2n) is 3.66. The molecule has 3 rings (SSSR count). The zero-order valence-electron chi connectivity index (χ0n) is 8.39. The zero-order chi connectivity index (χ0) is 11.1. The van der Waals surface area contributed by atoms with Gasteiger partial charge in [-0.2, -0.15) is 4.40 Å². The molecule has 0 spiro atoms. The minimum atomic E-state index is -0.409. The van der Waals surface area contributed by atoms with Crippen LogP contribution in [0.3, 0.4) is 0 Å². The van der Waals surface area contributed by atoms with E-state index in [-0.39, 0.29) is 11.1 Å². The Labute approximate surface area is 91.2 Å². The van der Waals surface area contributed by atoms with Crippen molar-refractivity contribution >= 4 is 16.4 Å². The molecule has 0 fully saturated rings. The SMILES string of the molecule is Oc1cc2cccc[n+]2c2cccc(F)c12. The third-order valence-electron chi connectivity index (χ3n) is 2.68. The van der Waals surface area contributed by atoms with Gasteiger partial charge in [-0.25, -0.2) is 4.39 Å². The molecule has 3 heteroatoms. The highest BCUT2D eigenvalue weighted by molar-refractivity contribution is 5.84. The first-order valence-electron chi connectivity index (χ1n) is 4.98. The van der Waals surface area contributed by atoms with Gasteiger partial charge in [0.2, 0.25) is 11.0 Å². The van der Waals surface area contributed by atoms with Crippen molar-refractivity contribution in [3.05, 3.63) is 54.5 Å². The van der Waals surface area contributed by atoms with Crippen molar-refractivity contribution in [1.29, 1.82) is 0 Å². The molecule has 0 aliphatic rings. The summed E-state index contributed by atoms with van der Waals surface area (Å²) in [6, 6.07) is 11.9. The number of hydrogen-bond donors (Lipinski definition) is 1. The molecule has 2 nitrogen and oxygen atoms in total. The third kappa shape index (κ3) is 1.15. The van der Waals surface area contributed by atoms with Crippen LogP contribution in [0.4, 0.5) is 4.39 Å². The van der Waals surface area contributed by atoms with Crippen molar-refractivity contribution in [3.63, 3.8) is 0 Å². The van der Waals surface area contributed by atoms with E-state index >= 15 is 0 Å². The van der Waals surface area contributed by atoms with Gasteiger partial charge < -0.3 is 5.11 Å². The summed E-state index contributed by atoms with van der Waals surface area (Å²) in [7, 11) is 0. The Bertz CT molecular complexity index is 694. The molecule has 0 aliphatic carbocycles. The number of hydrogen-bond acceptors (Lipinski definition) is 1. The van der Waals surface area contributed by atoms with Gasteiger partial charge in [-0.15, -0.1) is 0 Å². The first kappa shape index (κ1) is 9.09. The van der Waals surface area contributed by atoms with Gasteiger partial charge in [0.25, 0.3) is 0 Å². The summed E-state index contributed by atoms with van der Waals surface area (Å²) in [5.74, 6) is -0.437. The number of rotatable bonds is 0. The second-order valence-corrected chi connectivity index (χ2v) is 3.66. The molecule has 16 heavy (non-hydrogen) atoms. The minimum absolute atomic E-state index is 0.0284. The molecule has 0 saturated carbocycles. The smallest absolute Gasteiger partial charge is 0.225 e. The number of nitrogens with zero attached hydrogens (tertiary/aromatic N) is 1. The fourth-order valence-corrected chi connectivity index (χ4v) is 1.97.